The number of carbonyl (C=O) groups excluding carboxylic acids is 1. The zero-order chi connectivity index (χ0) is 20.0. The number of hydrogen-bond acceptors (Lipinski definition) is 5. The summed E-state index contributed by atoms with van der Waals surface area (Å²) in [5.74, 6) is -0.244. The van der Waals surface area contributed by atoms with Gasteiger partial charge in [-0.2, -0.15) is 4.31 Å². The van der Waals surface area contributed by atoms with Gasteiger partial charge in [-0.05, 0) is 36.2 Å². The fraction of sp³-hybridized carbons (Fsp3) is 0.350. The van der Waals surface area contributed by atoms with Gasteiger partial charge in [0.05, 0.1) is 24.7 Å². The number of morpholine rings is 1. The Kier molecular flexibility index (Phi) is 6.66. The number of nitrogens with zero attached hydrogens (tertiary/aromatic N) is 1. The Hall–Kier alpha value is -2.42. The number of para-hydroxylation sites is 1. The molecule has 3 rings (SSSR count). The number of carbonyl (C=O) groups is 1. The maximum atomic E-state index is 12.8. The van der Waals surface area contributed by atoms with Crippen LogP contribution in [0.5, 0.6) is 0 Å². The second-order valence-electron chi connectivity index (χ2n) is 6.46. The minimum Gasteiger partial charge on any atom is -0.379 e. The number of hydrogen-bond donors (Lipinski definition) is 2. The Bertz CT molecular complexity index is 925. The van der Waals surface area contributed by atoms with Gasteiger partial charge in [0.25, 0.3) is 0 Å². The van der Waals surface area contributed by atoms with E-state index in [-0.39, 0.29) is 17.3 Å². The quantitative estimate of drug-likeness (QED) is 0.741. The first kappa shape index (κ1) is 20.3. The predicted octanol–water partition coefficient (Wildman–Crippen LogP) is 2.32. The van der Waals surface area contributed by atoms with Crippen LogP contribution >= 0.6 is 0 Å². The molecule has 0 bridgehead atoms. The summed E-state index contributed by atoms with van der Waals surface area (Å²) < 4.78 is 32.1. The van der Waals surface area contributed by atoms with Crippen molar-refractivity contribution in [2.75, 3.05) is 43.5 Å². The van der Waals surface area contributed by atoms with Crippen LogP contribution in [0.25, 0.3) is 0 Å². The average molecular weight is 404 g/mol. The number of rotatable bonds is 7. The Labute approximate surface area is 165 Å². The molecule has 2 N–H and O–H groups in total. The zero-order valence-electron chi connectivity index (χ0n) is 15.8. The van der Waals surface area contributed by atoms with Crippen molar-refractivity contribution in [2.45, 2.75) is 18.2 Å². The summed E-state index contributed by atoms with van der Waals surface area (Å²) in [4.78, 5) is 12.5. The molecule has 1 saturated heterocycles. The van der Waals surface area contributed by atoms with Crippen molar-refractivity contribution in [3.63, 3.8) is 0 Å². The highest BCUT2D eigenvalue weighted by Crippen LogP contribution is 2.21. The molecule has 1 aliphatic rings. The van der Waals surface area contributed by atoms with Gasteiger partial charge in [-0.3, -0.25) is 4.79 Å². The molecule has 0 atom stereocenters. The molecule has 1 aliphatic heterocycles. The van der Waals surface area contributed by atoms with Crippen molar-refractivity contribution >= 4 is 27.3 Å². The topological polar surface area (TPSA) is 87.7 Å². The zero-order valence-corrected chi connectivity index (χ0v) is 16.7. The van der Waals surface area contributed by atoms with Gasteiger partial charge in [0.15, 0.2) is 0 Å². The fourth-order valence-electron chi connectivity index (χ4n) is 3.05. The minimum absolute atomic E-state index is 0.0947. The van der Waals surface area contributed by atoms with Crippen LogP contribution in [0.3, 0.4) is 0 Å². The second kappa shape index (κ2) is 9.18. The van der Waals surface area contributed by atoms with Crippen molar-refractivity contribution in [2.24, 2.45) is 0 Å². The number of ether oxygens (including phenoxy) is 1. The van der Waals surface area contributed by atoms with Gasteiger partial charge in [0.1, 0.15) is 0 Å². The lowest BCUT2D eigenvalue weighted by Gasteiger charge is -2.26. The van der Waals surface area contributed by atoms with E-state index in [1.54, 1.807) is 12.1 Å². The smallest absolute Gasteiger partial charge is 0.243 e. The lowest BCUT2D eigenvalue weighted by atomic mass is 10.1. The third kappa shape index (κ3) is 4.89. The van der Waals surface area contributed by atoms with E-state index in [9.17, 15) is 13.2 Å². The van der Waals surface area contributed by atoms with Gasteiger partial charge >= 0.3 is 0 Å². The van der Waals surface area contributed by atoms with Crippen LogP contribution < -0.4 is 10.6 Å². The fourth-order valence-corrected chi connectivity index (χ4v) is 4.51. The summed E-state index contributed by atoms with van der Waals surface area (Å²) in [5, 5.41) is 5.88. The van der Waals surface area contributed by atoms with Crippen LogP contribution in [-0.4, -0.2) is 51.5 Å². The summed E-state index contributed by atoms with van der Waals surface area (Å²) in [5.41, 5.74) is 2.50. The lowest BCUT2D eigenvalue weighted by Crippen LogP contribution is -2.40. The maximum absolute atomic E-state index is 12.8. The Morgan fingerprint density at radius 1 is 1.11 bits per heavy atom. The van der Waals surface area contributed by atoms with Crippen LogP contribution in [-0.2, 0) is 26.0 Å². The molecule has 2 aromatic carbocycles. The van der Waals surface area contributed by atoms with Gasteiger partial charge in [0, 0.05) is 24.5 Å². The summed E-state index contributed by atoms with van der Waals surface area (Å²) in [6, 6.07) is 14.2. The molecule has 7 nitrogen and oxygen atoms in total. The van der Waals surface area contributed by atoms with Crippen LogP contribution in [0.4, 0.5) is 11.4 Å². The number of sulfonamides is 1. The third-order valence-electron chi connectivity index (χ3n) is 4.56. The van der Waals surface area contributed by atoms with Crippen LogP contribution in [0.15, 0.2) is 53.4 Å². The molecule has 2 aromatic rings. The van der Waals surface area contributed by atoms with Crippen molar-refractivity contribution < 1.29 is 17.9 Å². The molecule has 0 spiro atoms. The normalized spacial score (nSPS) is 15.2. The highest BCUT2D eigenvalue weighted by Gasteiger charge is 2.26. The standard InChI is InChI=1S/C20H25N3O4S/c1-2-16-6-3-4-9-19(16)21-15-20(24)22-17-7-5-8-18(14-17)28(25,26)23-10-12-27-13-11-23/h3-9,14,21H,2,10-13,15H2,1H3,(H,22,24). The molecular formula is C20H25N3O4S. The molecule has 1 heterocycles. The molecule has 28 heavy (non-hydrogen) atoms. The average Bonchev–Trinajstić information content (AvgIpc) is 2.73. The van der Waals surface area contributed by atoms with Crippen molar-refractivity contribution in [3.8, 4) is 0 Å². The first-order chi connectivity index (χ1) is 13.5. The molecule has 0 saturated carbocycles. The summed E-state index contributed by atoms with van der Waals surface area (Å²) in [6.45, 7) is 3.60. The van der Waals surface area contributed by atoms with Crippen LogP contribution in [0.2, 0.25) is 0 Å². The van der Waals surface area contributed by atoms with E-state index in [1.165, 1.54) is 16.4 Å². The molecule has 0 aliphatic carbocycles. The molecule has 150 valence electrons. The largest absolute Gasteiger partial charge is 0.379 e. The molecule has 1 fully saturated rings. The second-order valence-corrected chi connectivity index (χ2v) is 8.39. The van der Waals surface area contributed by atoms with Crippen LogP contribution in [0.1, 0.15) is 12.5 Å². The van der Waals surface area contributed by atoms with E-state index in [0.717, 1.165) is 17.7 Å². The number of aryl methyl sites for hydroxylation is 1. The lowest BCUT2D eigenvalue weighted by molar-refractivity contribution is -0.114. The number of amides is 1. The molecule has 8 heteroatoms. The summed E-state index contributed by atoms with van der Waals surface area (Å²) >= 11 is 0. The van der Waals surface area contributed by atoms with Crippen molar-refractivity contribution in [1.82, 2.24) is 4.31 Å². The maximum Gasteiger partial charge on any atom is 0.243 e. The molecule has 0 radical (unpaired) electrons. The van der Waals surface area contributed by atoms with Gasteiger partial charge in [-0.25, -0.2) is 8.42 Å². The number of anilines is 2. The van der Waals surface area contributed by atoms with Crippen molar-refractivity contribution in [3.05, 3.63) is 54.1 Å². The molecule has 0 unspecified atom stereocenters. The Balaban J connectivity index is 1.64. The van der Waals surface area contributed by atoms with E-state index < -0.39 is 10.0 Å². The van der Waals surface area contributed by atoms with E-state index in [4.69, 9.17) is 4.74 Å². The Morgan fingerprint density at radius 3 is 2.61 bits per heavy atom. The Morgan fingerprint density at radius 2 is 1.86 bits per heavy atom. The number of benzene rings is 2. The molecule has 0 aromatic heterocycles. The molecular weight excluding hydrogens is 378 g/mol. The number of nitrogens with one attached hydrogen (secondary N) is 2. The van der Waals surface area contributed by atoms with Gasteiger partial charge in [-0.1, -0.05) is 31.2 Å². The first-order valence-corrected chi connectivity index (χ1v) is 10.7. The van der Waals surface area contributed by atoms with Gasteiger partial charge in [-0.15, -0.1) is 0 Å². The highest BCUT2D eigenvalue weighted by molar-refractivity contribution is 7.89. The van der Waals surface area contributed by atoms with Crippen molar-refractivity contribution in [1.29, 1.82) is 0 Å². The van der Waals surface area contributed by atoms with Crippen LogP contribution in [0, 0.1) is 0 Å². The third-order valence-corrected chi connectivity index (χ3v) is 6.46. The van der Waals surface area contributed by atoms with E-state index in [2.05, 4.69) is 17.6 Å². The van der Waals surface area contributed by atoms with E-state index in [1.807, 2.05) is 24.3 Å². The summed E-state index contributed by atoms with van der Waals surface area (Å²) in [7, 11) is -3.60. The van der Waals surface area contributed by atoms with Gasteiger partial charge in [0.2, 0.25) is 15.9 Å². The SMILES string of the molecule is CCc1ccccc1NCC(=O)Nc1cccc(S(=O)(=O)N2CCOCC2)c1. The monoisotopic (exact) mass is 403 g/mol. The van der Waals surface area contributed by atoms with E-state index in [0.29, 0.717) is 32.0 Å². The molecule has 1 amide bonds. The summed E-state index contributed by atoms with van der Waals surface area (Å²) in [6.07, 6.45) is 0.867. The first-order valence-electron chi connectivity index (χ1n) is 9.30. The van der Waals surface area contributed by atoms with Gasteiger partial charge < -0.3 is 15.4 Å². The minimum atomic E-state index is -3.60. The predicted molar refractivity (Wildman–Crippen MR) is 109 cm³/mol. The highest BCUT2D eigenvalue weighted by atomic mass is 32.2. The van der Waals surface area contributed by atoms with E-state index >= 15 is 0 Å².